The van der Waals surface area contributed by atoms with E-state index in [-0.39, 0.29) is 12.5 Å². The van der Waals surface area contributed by atoms with Gasteiger partial charge in [0.15, 0.2) is 5.75 Å². The van der Waals surface area contributed by atoms with Gasteiger partial charge >= 0.3 is 6.09 Å². The SMILES string of the molecule is Cc1ccccc1Oc1c(Cl)cccc1[C@](O)(CCCNC(=O)O)[C@@H]1CCCNC1. The van der Waals surface area contributed by atoms with Gasteiger partial charge in [-0.3, -0.25) is 0 Å². The molecular weight excluding hydrogens is 404 g/mol. The van der Waals surface area contributed by atoms with Gasteiger partial charge in [0.25, 0.3) is 0 Å². The van der Waals surface area contributed by atoms with Gasteiger partial charge in [0.1, 0.15) is 5.75 Å². The van der Waals surface area contributed by atoms with Gasteiger partial charge < -0.3 is 25.6 Å². The molecule has 1 fully saturated rings. The average molecular weight is 433 g/mol. The van der Waals surface area contributed by atoms with E-state index >= 15 is 0 Å². The highest BCUT2D eigenvalue weighted by molar-refractivity contribution is 6.32. The number of hydrogen-bond donors (Lipinski definition) is 4. The maximum Gasteiger partial charge on any atom is 0.404 e. The number of benzene rings is 2. The third kappa shape index (κ3) is 5.25. The predicted octanol–water partition coefficient (Wildman–Crippen LogP) is 4.68. The second-order valence-electron chi connectivity index (χ2n) is 7.79. The fraction of sp³-hybridized carbons (Fsp3) is 0.435. The minimum atomic E-state index is -1.20. The van der Waals surface area contributed by atoms with Gasteiger partial charge in [-0.05, 0) is 56.8 Å². The molecule has 0 bridgehead atoms. The molecule has 2 aromatic rings. The molecule has 2 aromatic carbocycles. The number of nitrogens with one attached hydrogen (secondary N) is 2. The zero-order chi connectivity index (χ0) is 21.6. The van der Waals surface area contributed by atoms with Crippen LogP contribution in [0.1, 0.15) is 36.8 Å². The molecule has 0 aromatic heterocycles. The lowest BCUT2D eigenvalue weighted by Gasteiger charge is -2.40. The molecule has 30 heavy (non-hydrogen) atoms. The number of rotatable bonds is 8. The van der Waals surface area contributed by atoms with Crippen molar-refractivity contribution >= 4 is 17.7 Å². The van der Waals surface area contributed by atoms with Crippen LogP contribution in [0, 0.1) is 12.8 Å². The Balaban J connectivity index is 1.96. The Hall–Kier alpha value is -2.28. The minimum Gasteiger partial charge on any atom is -0.465 e. The Labute approximate surface area is 182 Å². The summed E-state index contributed by atoms with van der Waals surface area (Å²) in [5.41, 5.74) is 0.412. The van der Waals surface area contributed by atoms with Crippen molar-refractivity contribution < 1.29 is 19.7 Å². The summed E-state index contributed by atoms with van der Waals surface area (Å²) in [5, 5.41) is 27.0. The van der Waals surface area contributed by atoms with Crippen LogP contribution in [-0.2, 0) is 5.60 Å². The molecule has 1 aliphatic heterocycles. The van der Waals surface area contributed by atoms with E-state index in [1.165, 1.54) is 0 Å². The Morgan fingerprint density at radius 3 is 2.80 bits per heavy atom. The van der Waals surface area contributed by atoms with Gasteiger partial charge in [0.05, 0.1) is 10.6 Å². The van der Waals surface area contributed by atoms with E-state index in [1.807, 2.05) is 43.3 Å². The fourth-order valence-electron chi connectivity index (χ4n) is 4.11. The maximum absolute atomic E-state index is 12.0. The van der Waals surface area contributed by atoms with Crippen molar-refractivity contribution in [3.63, 3.8) is 0 Å². The van der Waals surface area contributed by atoms with Crippen molar-refractivity contribution in [1.82, 2.24) is 10.6 Å². The summed E-state index contributed by atoms with van der Waals surface area (Å²) in [4.78, 5) is 10.8. The summed E-state index contributed by atoms with van der Waals surface area (Å²) in [6, 6.07) is 13.1. The highest BCUT2D eigenvalue weighted by Crippen LogP contribution is 2.46. The van der Waals surface area contributed by atoms with Crippen molar-refractivity contribution in [3.8, 4) is 11.5 Å². The first kappa shape index (κ1) is 22.4. The van der Waals surface area contributed by atoms with Crippen LogP contribution in [0.3, 0.4) is 0 Å². The van der Waals surface area contributed by atoms with E-state index in [4.69, 9.17) is 21.4 Å². The first-order chi connectivity index (χ1) is 14.4. The monoisotopic (exact) mass is 432 g/mol. The molecule has 0 aliphatic carbocycles. The van der Waals surface area contributed by atoms with E-state index in [0.717, 1.165) is 24.9 Å². The molecule has 7 heteroatoms. The summed E-state index contributed by atoms with van der Waals surface area (Å²) in [6.45, 7) is 3.83. The molecule has 4 N–H and O–H groups in total. The predicted molar refractivity (Wildman–Crippen MR) is 117 cm³/mol. The zero-order valence-electron chi connectivity index (χ0n) is 17.2. The van der Waals surface area contributed by atoms with Crippen molar-refractivity contribution in [2.24, 2.45) is 5.92 Å². The largest absolute Gasteiger partial charge is 0.465 e. The maximum atomic E-state index is 12.0. The Morgan fingerprint density at radius 2 is 2.10 bits per heavy atom. The Morgan fingerprint density at radius 1 is 1.30 bits per heavy atom. The van der Waals surface area contributed by atoms with Crippen molar-refractivity contribution in [2.45, 2.75) is 38.2 Å². The number of aliphatic hydroxyl groups is 1. The number of para-hydroxylation sites is 2. The lowest BCUT2D eigenvalue weighted by atomic mass is 9.74. The number of piperidine rings is 1. The second-order valence-corrected chi connectivity index (χ2v) is 8.19. The van der Waals surface area contributed by atoms with Crippen molar-refractivity contribution in [3.05, 3.63) is 58.6 Å². The molecular formula is C23H29ClN2O4. The molecule has 1 amide bonds. The molecule has 3 rings (SSSR count). The quantitative estimate of drug-likeness (QED) is 0.455. The van der Waals surface area contributed by atoms with Gasteiger partial charge in [-0.25, -0.2) is 4.79 Å². The van der Waals surface area contributed by atoms with Crippen molar-refractivity contribution in [2.75, 3.05) is 19.6 Å². The average Bonchev–Trinajstić information content (AvgIpc) is 2.74. The summed E-state index contributed by atoms with van der Waals surface area (Å²) < 4.78 is 6.23. The van der Waals surface area contributed by atoms with Crippen LogP contribution in [-0.4, -0.2) is 35.9 Å². The molecule has 1 aliphatic rings. The fourth-order valence-corrected chi connectivity index (χ4v) is 4.32. The molecule has 6 nitrogen and oxygen atoms in total. The highest BCUT2D eigenvalue weighted by Gasteiger charge is 2.41. The van der Waals surface area contributed by atoms with Gasteiger partial charge in [0.2, 0.25) is 0 Å². The van der Waals surface area contributed by atoms with Gasteiger partial charge in [-0.15, -0.1) is 0 Å². The van der Waals surface area contributed by atoms with Crippen LogP contribution in [0.25, 0.3) is 0 Å². The van der Waals surface area contributed by atoms with Crippen LogP contribution in [0.15, 0.2) is 42.5 Å². The number of amides is 1. The number of aryl methyl sites for hydroxylation is 1. The number of carboxylic acid groups (broad SMARTS) is 1. The number of carbonyl (C=O) groups is 1. The Kier molecular flexibility index (Phi) is 7.58. The summed E-state index contributed by atoms with van der Waals surface area (Å²) >= 11 is 6.54. The number of ether oxygens (including phenoxy) is 1. The first-order valence-electron chi connectivity index (χ1n) is 10.3. The van der Waals surface area contributed by atoms with Gasteiger partial charge in [-0.2, -0.15) is 0 Å². The lowest BCUT2D eigenvalue weighted by molar-refractivity contribution is -0.0433. The molecule has 0 spiro atoms. The molecule has 162 valence electrons. The summed E-state index contributed by atoms with van der Waals surface area (Å²) in [5.74, 6) is 1.10. The minimum absolute atomic E-state index is 0.0336. The number of hydrogen-bond acceptors (Lipinski definition) is 4. The topological polar surface area (TPSA) is 90.8 Å². The van der Waals surface area contributed by atoms with Crippen LogP contribution in [0.5, 0.6) is 11.5 Å². The van der Waals surface area contributed by atoms with E-state index in [2.05, 4.69) is 10.6 Å². The van der Waals surface area contributed by atoms with E-state index < -0.39 is 11.7 Å². The molecule has 2 atom stereocenters. The second kappa shape index (κ2) is 10.2. The third-order valence-electron chi connectivity index (χ3n) is 5.72. The van der Waals surface area contributed by atoms with Gasteiger partial charge in [0, 0.05) is 24.6 Å². The summed E-state index contributed by atoms with van der Waals surface area (Å²) in [6.07, 6.45) is 1.66. The third-order valence-corrected chi connectivity index (χ3v) is 6.02. The van der Waals surface area contributed by atoms with Crippen LogP contribution < -0.4 is 15.4 Å². The normalized spacial score (nSPS) is 18.4. The smallest absolute Gasteiger partial charge is 0.404 e. The van der Waals surface area contributed by atoms with Crippen LogP contribution in [0.2, 0.25) is 5.02 Å². The van der Waals surface area contributed by atoms with Crippen molar-refractivity contribution in [1.29, 1.82) is 0 Å². The molecule has 0 unspecified atom stereocenters. The Bertz CT molecular complexity index is 870. The molecule has 0 saturated carbocycles. The van der Waals surface area contributed by atoms with E-state index in [0.29, 0.717) is 41.5 Å². The van der Waals surface area contributed by atoms with E-state index in [9.17, 15) is 9.90 Å². The lowest BCUT2D eigenvalue weighted by Crippen LogP contribution is -2.45. The van der Waals surface area contributed by atoms with E-state index in [1.54, 1.807) is 6.07 Å². The van der Waals surface area contributed by atoms with Crippen LogP contribution >= 0.6 is 11.6 Å². The standard InChI is InChI=1S/C23H29ClN2O4/c1-16-7-2-3-11-20(16)30-21-18(9-4-10-19(21)24)23(29,12-6-14-26-22(27)28)17-8-5-13-25-15-17/h2-4,7,9-11,17,25-26,29H,5-6,8,12-15H2,1H3,(H,27,28)/t17-,23+/m1/s1. The molecule has 0 radical (unpaired) electrons. The molecule has 1 heterocycles. The number of halogens is 1. The highest BCUT2D eigenvalue weighted by atomic mass is 35.5. The zero-order valence-corrected chi connectivity index (χ0v) is 17.9. The molecule has 1 saturated heterocycles. The van der Waals surface area contributed by atoms with Gasteiger partial charge in [-0.1, -0.05) is 41.9 Å². The first-order valence-corrected chi connectivity index (χ1v) is 10.7. The summed E-state index contributed by atoms with van der Waals surface area (Å²) in [7, 11) is 0. The van der Waals surface area contributed by atoms with Crippen LogP contribution in [0.4, 0.5) is 4.79 Å².